The molecule has 0 aromatic heterocycles. The van der Waals surface area contributed by atoms with Crippen molar-refractivity contribution in [2.45, 2.75) is 19.4 Å². The Hall–Kier alpha value is -1.80. The van der Waals surface area contributed by atoms with Crippen molar-refractivity contribution in [3.63, 3.8) is 0 Å². The molecular weight excluding hydrogens is 236 g/mol. The zero-order valence-electron chi connectivity index (χ0n) is 11.5. The summed E-state index contributed by atoms with van der Waals surface area (Å²) in [4.78, 5) is 0. The van der Waals surface area contributed by atoms with Gasteiger partial charge in [-0.15, -0.1) is 0 Å². The predicted molar refractivity (Wildman–Crippen MR) is 77.5 cm³/mol. The van der Waals surface area contributed by atoms with Crippen molar-refractivity contribution in [1.29, 1.82) is 0 Å². The summed E-state index contributed by atoms with van der Waals surface area (Å²) < 4.78 is 10.9. The van der Waals surface area contributed by atoms with Gasteiger partial charge in [0.15, 0.2) is 0 Å². The van der Waals surface area contributed by atoms with Crippen LogP contribution in [0.4, 0.5) is 0 Å². The maximum atomic E-state index is 5.76. The van der Waals surface area contributed by atoms with Gasteiger partial charge in [0, 0.05) is 13.0 Å². The molecule has 0 amide bonds. The van der Waals surface area contributed by atoms with Gasteiger partial charge < -0.3 is 9.47 Å². The Bertz CT molecular complexity index is 476. The molecule has 0 saturated heterocycles. The van der Waals surface area contributed by atoms with Crippen molar-refractivity contribution in [3.8, 4) is 5.75 Å². The molecule has 0 spiro atoms. The van der Waals surface area contributed by atoms with Gasteiger partial charge in [-0.05, 0) is 23.3 Å². The zero-order valence-corrected chi connectivity index (χ0v) is 11.5. The van der Waals surface area contributed by atoms with Crippen LogP contribution >= 0.6 is 0 Å². The minimum Gasteiger partial charge on any atom is -0.489 e. The van der Waals surface area contributed by atoms with Gasteiger partial charge in [-0.1, -0.05) is 49.4 Å². The lowest BCUT2D eigenvalue weighted by atomic mass is 10.0. The lowest BCUT2D eigenvalue weighted by Crippen LogP contribution is -2.01. The summed E-state index contributed by atoms with van der Waals surface area (Å²) in [7, 11) is 1.73. The van der Waals surface area contributed by atoms with Crippen LogP contribution in [-0.4, -0.2) is 13.7 Å². The first-order valence-corrected chi connectivity index (χ1v) is 6.55. The number of rotatable bonds is 6. The van der Waals surface area contributed by atoms with Crippen LogP contribution in [-0.2, 0) is 11.3 Å². The van der Waals surface area contributed by atoms with E-state index in [-0.39, 0.29) is 0 Å². The molecule has 100 valence electrons. The zero-order chi connectivity index (χ0) is 13.5. The van der Waals surface area contributed by atoms with Gasteiger partial charge in [0.05, 0.1) is 6.61 Å². The standard InChI is InChI=1S/C17H20O2/c1-14(12-18-2)16-8-10-17(11-9-16)19-13-15-6-4-3-5-7-15/h3-11,14H,12-13H2,1-2H3. The van der Waals surface area contributed by atoms with E-state index in [2.05, 4.69) is 31.2 Å². The predicted octanol–water partition coefficient (Wildman–Crippen LogP) is 4.02. The fourth-order valence-corrected chi connectivity index (χ4v) is 1.98. The van der Waals surface area contributed by atoms with E-state index in [4.69, 9.17) is 9.47 Å². The summed E-state index contributed by atoms with van der Waals surface area (Å²) >= 11 is 0. The average molecular weight is 256 g/mol. The highest BCUT2D eigenvalue weighted by molar-refractivity contribution is 5.29. The first-order valence-electron chi connectivity index (χ1n) is 6.55. The van der Waals surface area contributed by atoms with Crippen LogP contribution in [0.15, 0.2) is 54.6 Å². The van der Waals surface area contributed by atoms with Crippen molar-refractivity contribution < 1.29 is 9.47 Å². The van der Waals surface area contributed by atoms with Crippen LogP contribution in [0.5, 0.6) is 5.75 Å². The first kappa shape index (κ1) is 13.6. The molecule has 0 heterocycles. The molecule has 0 aliphatic heterocycles. The molecule has 1 atom stereocenters. The molecule has 0 aliphatic carbocycles. The number of hydrogen-bond donors (Lipinski definition) is 0. The van der Waals surface area contributed by atoms with Crippen LogP contribution in [0.25, 0.3) is 0 Å². The van der Waals surface area contributed by atoms with E-state index in [9.17, 15) is 0 Å². The molecule has 0 bridgehead atoms. The largest absolute Gasteiger partial charge is 0.489 e. The van der Waals surface area contributed by atoms with E-state index in [1.54, 1.807) is 7.11 Å². The Morgan fingerprint density at radius 1 is 0.947 bits per heavy atom. The third-order valence-electron chi connectivity index (χ3n) is 3.11. The number of benzene rings is 2. The lowest BCUT2D eigenvalue weighted by molar-refractivity contribution is 0.184. The smallest absolute Gasteiger partial charge is 0.119 e. The summed E-state index contributed by atoms with van der Waals surface area (Å²) in [5, 5.41) is 0. The van der Waals surface area contributed by atoms with E-state index in [1.807, 2.05) is 30.3 Å². The fourth-order valence-electron chi connectivity index (χ4n) is 1.98. The van der Waals surface area contributed by atoms with E-state index in [0.29, 0.717) is 12.5 Å². The molecule has 19 heavy (non-hydrogen) atoms. The van der Waals surface area contributed by atoms with Gasteiger partial charge >= 0.3 is 0 Å². The van der Waals surface area contributed by atoms with E-state index >= 15 is 0 Å². The molecule has 2 nitrogen and oxygen atoms in total. The normalized spacial score (nSPS) is 12.1. The van der Waals surface area contributed by atoms with Gasteiger partial charge in [0.1, 0.15) is 12.4 Å². The highest BCUT2D eigenvalue weighted by Crippen LogP contribution is 2.20. The second-order valence-electron chi connectivity index (χ2n) is 4.70. The SMILES string of the molecule is COCC(C)c1ccc(OCc2ccccc2)cc1. The Labute approximate surface area is 115 Å². The van der Waals surface area contributed by atoms with Crippen LogP contribution in [0.1, 0.15) is 24.0 Å². The Kier molecular flexibility index (Phi) is 4.99. The third kappa shape index (κ3) is 4.11. The molecule has 1 unspecified atom stereocenters. The minimum atomic E-state index is 0.410. The van der Waals surface area contributed by atoms with E-state index in [1.165, 1.54) is 11.1 Å². The number of methoxy groups -OCH3 is 1. The van der Waals surface area contributed by atoms with Crippen LogP contribution in [0.2, 0.25) is 0 Å². The highest BCUT2D eigenvalue weighted by atomic mass is 16.5. The maximum Gasteiger partial charge on any atom is 0.119 e. The van der Waals surface area contributed by atoms with E-state index < -0.39 is 0 Å². The molecule has 2 rings (SSSR count). The molecule has 2 heteroatoms. The van der Waals surface area contributed by atoms with Crippen molar-refractivity contribution >= 4 is 0 Å². The summed E-state index contributed by atoms with van der Waals surface area (Å²) in [6.45, 7) is 3.50. The van der Waals surface area contributed by atoms with Crippen molar-refractivity contribution in [2.75, 3.05) is 13.7 Å². The second kappa shape index (κ2) is 6.95. The maximum absolute atomic E-state index is 5.76. The van der Waals surface area contributed by atoms with Gasteiger partial charge in [0.2, 0.25) is 0 Å². The Morgan fingerprint density at radius 3 is 2.26 bits per heavy atom. The van der Waals surface area contributed by atoms with Gasteiger partial charge in [-0.2, -0.15) is 0 Å². The molecule has 2 aromatic carbocycles. The summed E-state index contributed by atoms with van der Waals surface area (Å²) in [5.74, 6) is 1.31. The van der Waals surface area contributed by atoms with Crippen LogP contribution in [0.3, 0.4) is 0 Å². The molecule has 0 saturated carbocycles. The molecule has 0 N–H and O–H groups in total. The fraction of sp³-hybridized carbons (Fsp3) is 0.294. The number of ether oxygens (including phenoxy) is 2. The molecule has 0 fully saturated rings. The summed E-state index contributed by atoms with van der Waals surface area (Å²) in [6.07, 6.45) is 0. The number of hydrogen-bond acceptors (Lipinski definition) is 2. The monoisotopic (exact) mass is 256 g/mol. The quantitative estimate of drug-likeness (QED) is 0.777. The van der Waals surface area contributed by atoms with Crippen molar-refractivity contribution in [2.24, 2.45) is 0 Å². The topological polar surface area (TPSA) is 18.5 Å². The van der Waals surface area contributed by atoms with Crippen LogP contribution < -0.4 is 4.74 Å². The van der Waals surface area contributed by atoms with Crippen molar-refractivity contribution in [1.82, 2.24) is 0 Å². The third-order valence-corrected chi connectivity index (χ3v) is 3.11. The van der Waals surface area contributed by atoms with E-state index in [0.717, 1.165) is 12.4 Å². The molecular formula is C17H20O2. The minimum absolute atomic E-state index is 0.410. The van der Waals surface area contributed by atoms with Gasteiger partial charge in [0.25, 0.3) is 0 Å². The van der Waals surface area contributed by atoms with Crippen LogP contribution in [0, 0.1) is 0 Å². The highest BCUT2D eigenvalue weighted by Gasteiger charge is 2.04. The second-order valence-corrected chi connectivity index (χ2v) is 4.70. The molecule has 2 aromatic rings. The van der Waals surface area contributed by atoms with Gasteiger partial charge in [-0.25, -0.2) is 0 Å². The molecule has 0 aliphatic rings. The molecule has 0 radical (unpaired) electrons. The lowest BCUT2D eigenvalue weighted by Gasteiger charge is -2.12. The Balaban J connectivity index is 1.92. The summed E-state index contributed by atoms with van der Waals surface area (Å²) in [5.41, 5.74) is 2.45. The van der Waals surface area contributed by atoms with Gasteiger partial charge in [-0.3, -0.25) is 0 Å². The first-order chi connectivity index (χ1) is 9.29. The summed E-state index contributed by atoms with van der Waals surface area (Å²) in [6, 6.07) is 18.4. The average Bonchev–Trinajstić information content (AvgIpc) is 2.47. The van der Waals surface area contributed by atoms with Crippen molar-refractivity contribution in [3.05, 3.63) is 65.7 Å². The Morgan fingerprint density at radius 2 is 1.63 bits per heavy atom.